The minimum atomic E-state index is 0.349. The van der Waals surface area contributed by atoms with Crippen molar-refractivity contribution in [3.05, 3.63) is 16.5 Å². The van der Waals surface area contributed by atoms with Crippen molar-refractivity contribution in [1.29, 1.82) is 0 Å². The molecular formula is C7H7Cl2NO. The topological polar surface area (TPSA) is 26.0 Å². The van der Waals surface area contributed by atoms with Gasteiger partial charge in [-0.05, 0) is 24.4 Å². The van der Waals surface area contributed by atoms with Crippen LogP contribution in [0.1, 0.15) is 30.0 Å². The first-order valence-electron chi connectivity index (χ1n) is 3.53. The molecule has 2 rings (SSSR count). The molecule has 0 spiro atoms. The van der Waals surface area contributed by atoms with Crippen molar-refractivity contribution in [2.45, 2.75) is 24.6 Å². The number of aromatic nitrogens is 1. The summed E-state index contributed by atoms with van der Waals surface area (Å²) in [4.78, 5) is 0. The summed E-state index contributed by atoms with van der Waals surface area (Å²) in [7, 11) is 0. The van der Waals surface area contributed by atoms with E-state index in [4.69, 9.17) is 27.7 Å². The van der Waals surface area contributed by atoms with Gasteiger partial charge in [0.2, 0.25) is 5.22 Å². The van der Waals surface area contributed by atoms with Crippen LogP contribution >= 0.6 is 23.2 Å². The van der Waals surface area contributed by atoms with E-state index in [1.54, 1.807) is 0 Å². The Labute approximate surface area is 74.5 Å². The maximum Gasteiger partial charge on any atom is 0.230 e. The van der Waals surface area contributed by atoms with Gasteiger partial charge in [-0.2, -0.15) is 0 Å². The normalized spacial score (nSPS) is 17.3. The number of alkyl halides is 1. The molecule has 0 atom stereocenters. The highest BCUT2D eigenvalue weighted by molar-refractivity contribution is 6.30. The van der Waals surface area contributed by atoms with Gasteiger partial charge < -0.3 is 4.52 Å². The van der Waals surface area contributed by atoms with Gasteiger partial charge in [-0.1, -0.05) is 5.16 Å². The summed E-state index contributed by atoms with van der Waals surface area (Å²) in [5, 5.41) is 4.21. The lowest BCUT2D eigenvalue weighted by molar-refractivity contribution is 0.413. The Morgan fingerprint density at radius 1 is 1.55 bits per heavy atom. The lowest BCUT2D eigenvalue weighted by Crippen LogP contribution is -1.84. The van der Waals surface area contributed by atoms with E-state index in [1.165, 1.54) is 12.8 Å². The third-order valence-corrected chi connectivity index (χ3v) is 2.43. The minimum Gasteiger partial charge on any atom is -0.344 e. The molecule has 2 nitrogen and oxygen atoms in total. The van der Waals surface area contributed by atoms with Crippen molar-refractivity contribution in [3.8, 4) is 0 Å². The first-order chi connectivity index (χ1) is 5.33. The van der Waals surface area contributed by atoms with E-state index < -0.39 is 0 Å². The first kappa shape index (κ1) is 7.44. The summed E-state index contributed by atoms with van der Waals surface area (Å²) in [6.07, 6.45) is 2.37. The monoisotopic (exact) mass is 191 g/mol. The van der Waals surface area contributed by atoms with Crippen LogP contribution in [0.4, 0.5) is 0 Å². The van der Waals surface area contributed by atoms with Crippen LogP contribution in [0.2, 0.25) is 5.22 Å². The second-order valence-corrected chi connectivity index (χ2v) is 3.34. The van der Waals surface area contributed by atoms with E-state index >= 15 is 0 Å². The number of hydrogen-bond acceptors (Lipinski definition) is 2. The summed E-state index contributed by atoms with van der Waals surface area (Å²) in [6, 6.07) is 0. The second-order valence-electron chi connectivity index (χ2n) is 2.73. The lowest BCUT2D eigenvalue weighted by atomic mass is 10.2. The molecule has 0 aromatic carbocycles. The maximum absolute atomic E-state index is 5.70. The SMILES string of the molecule is ClCc1c(C2CC2)noc1Cl. The quantitative estimate of drug-likeness (QED) is 0.673. The van der Waals surface area contributed by atoms with Gasteiger partial charge in [-0.25, -0.2) is 0 Å². The molecule has 1 aromatic heterocycles. The summed E-state index contributed by atoms with van der Waals surface area (Å²) in [5.74, 6) is 0.953. The average molecular weight is 192 g/mol. The molecule has 1 saturated carbocycles. The van der Waals surface area contributed by atoms with Crippen molar-refractivity contribution >= 4 is 23.2 Å². The van der Waals surface area contributed by atoms with Crippen LogP contribution in [0.5, 0.6) is 0 Å². The van der Waals surface area contributed by atoms with Crippen LogP contribution < -0.4 is 0 Å². The standard InChI is InChI=1S/C7H7Cl2NO/c8-3-5-6(4-1-2-4)10-11-7(5)9/h4H,1-3H2. The highest BCUT2D eigenvalue weighted by Crippen LogP contribution is 2.42. The fourth-order valence-corrected chi connectivity index (χ4v) is 1.62. The molecule has 0 aliphatic heterocycles. The molecule has 0 amide bonds. The number of nitrogens with zero attached hydrogens (tertiary/aromatic N) is 1. The Morgan fingerprint density at radius 3 is 2.82 bits per heavy atom. The molecule has 0 radical (unpaired) electrons. The van der Waals surface area contributed by atoms with E-state index in [0.717, 1.165) is 11.3 Å². The lowest BCUT2D eigenvalue weighted by Gasteiger charge is -1.91. The smallest absolute Gasteiger partial charge is 0.230 e. The van der Waals surface area contributed by atoms with Crippen molar-refractivity contribution in [2.24, 2.45) is 0 Å². The Bertz CT molecular complexity index is 267. The van der Waals surface area contributed by atoms with Crippen molar-refractivity contribution in [2.75, 3.05) is 0 Å². The van der Waals surface area contributed by atoms with Gasteiger partial charge in [0, 0.05) is 11.5 Å². The second kappa shape index (κ2) is 2.68. The fourth-order valence-electron chi connectivity index (χ4n) is 1.10. The molecule has 60 valence electrons. The van der Waals surface area contributed by atoms with Gasteiger partial charge >= 0.3 is 0 Å². The van der Waals surface area contributed by atoms with Gasteiger partial charge in [0.25, 0.3) is 0 Å². The number of halogens is 2. The molecule has 1 aromatic rings. The third kappa shape index (κ3) is 1.25. The summed E-state index contributed by atoms with van der Waals surface area (Å²) in [5.41, 5.74) is 1.83. The first-order valence-corrected chi connectivity index (χ1v) is 4.44. The van der Waals surface area contributed by atoms with Crippen molar-refractivity contribution in [3.63, 3.8) is 0 Å². The number of rotatable bonds is 2. The summed E-state index contributed by atoms with van der Waals surface area (Å²) < 4.78 is 4.82. The van der Waals surface area contributed by atoms with E-state index in [9.17, 15) is 0 Å². The largest absolute Gasteiger partial charge is 0.344 e. The molecule has 1 aliphatic rings. The van der Waals surface area contributed by atoms with Crippen LogP contribution in [0, 0.1) is 0 Å². The van der Waals surface area contributed by atoms with Gasteiger partial charge in [0.15, 0.2) is 0 Å². The van der Waals surface area contributed by atoms with Crippen molar-refractivity contribution in [1.82, 2.24) is 5.16 Å². The molecule has 0 N–H and O–H groups in total. The third-order valence-electron chi connectivity index (χ3n) is 1.87. The summed E-state index contributed by atoms with van der Waals surface area (Å²) >= 11 is 11.4. The van der Waals surface area contributed by atoms with E-state index in [1.807, 2.05) is 0 Å². The van der Waals surface area contributed by atoms with E-state index in [2.05, 4.69) is 5.16 Å². The fraction of sp³-hybridized carbons (Fsp3) is 0.571. The van der Waals surface area contributed by atoms with Gasteiger partial charge in [-0.3, -0.25) is 0 Å². The van der Waals surface area contributed by atoms with Crippen molar-refractivity contribution < 1.29 is 4.52 Å². The maximum atomic E-state index is 5.70. The Hall–Kier alpha value is -0.210. The summed E-state index contributed by atoms with van der Waals surface area (Å²) in [6.45, 7) is 0. The van der Waals surface area contributed by atoms with Crippen LogP contribution in [0.15, 0.2) is 4.52 Å². The molecule has 1 heterocycles. The van der Waals surface area contributed by atoms with Crippen LogP contribution in [0.25, 0.3) is 0 Å². The predicted octanol–water partition coefficient (Wildman–Crippen LogP) is 2.94. The van der Waals surface area contributed by atoms with Gasteiger partial charge in [-0.15, -0.1) is 11.6 Å². The molecule has 1 aliphatic carbocycles. The zero-order valence-electron chi connectivity index (χ0n) is 5.81. The number of hydrogen-bond donors (Lipinski definition) is 0. The zero-order valence-corrected chi connectivity index (χ0v) is 7.32. The van der Waals surface area contributed by atoms with Crippen LogP contribution in [-0.4, -0.2) is 5.16 Å². The highest BCUT2D eigenvalue weighted by Gasteiger charge is 2.30. The molecule has 0 unspecified atom stereocenters. The highest BCUT2D eigenvalue weighted by atomic mass is 35.5. The molecule has 1 fully saturated rings. The minimum absolute atomic E-state index is 0.349. The predicted molar refractivity (Wildman–Crippen MR) is 43.0 cm³/mol. The molecule has 4 heteroatoms. The molecular weight excluding hydrogens is 185 g/mol. The Kier molecular flexibility index (Phi) is 1.81. The van der Waals surface area contributed by atoms with Gasteiger partial charge in [0.05, 0.1) is 11.6 Å². The molecule has 0 bridgehead atoms. The Balaban J connectivity index is 2.36. The molecule has 0 saturated heterocycles. The van der Waals surface area contributed by atoms with Crippen LogP contribution in [-0.2, 0) is 5.88 Å². The Morgan fingerprint density at radius 2 is 2.27 bits per heavy atom. The van der Waals surface area contributed by atoms with Crippen LogP contribution in [0.3, 0.4) is 0 Å². The van der Waals surface area contributed by atoms with E-state index in [-0.39, 0.29) is 0 Å². The van der Waals surface area contributed by atoms with Gasteiger partial charge in [0.1, 0.15) is 0 Å². The average Bonchev–Trinajstić information content (AvgIpc) is 2.76. The molecule has 11 heavy (non-hydrogen) atoms. The van der Waals surface area contributed by atoms with E-state index in [0.29, 0.717) is 17.0 Å². The zero-order chi connectivity index (χ0) is 7.84.